The quantitative estimate of drug-likeness (QED) is 0.777. The number of aliphatic carboxylic acids is 1. The van der Waals surface area contributed by atoms with Gasteiger partial charge in [-0.05, 0) is 32.6 Å². The Morgan fingerprint density at radius 3 is 2.44 bits per heavy atom. The van der Waals surface area contributed by atoms with Gasteiger partial charge in [0.25, 0.3) is 0 Å². The minimum Gasteiger partial charge on any atom is -0.480 e. The van der Waals surface area contributed by atoms with Crippen LogP contribution in [-0.2, 0) is 4.79 Å². The monoisotopic (exact) mass is 254 g/mol. The highest BCUT2D eigenvalue weighted by molar-refractivity contribution is 5.83. The van der Waals surface area contributed by atoms with E-state index in [4.69, 9.17) is 5.11 Å². The molecule has 2 saturated heterocycles. The van der Waals surface area contributed by atoms with Gasteiger partial charge in [-0.2, -0.15) is 0 Å². The fourth-order valence-electron chi connectivity index (χ4n) is 2.98. The Hall–Kier alpha value is -1.26. The lowest BCUT2D eigenvalue weighted by Crippen LogP contribution is -2.50. The molecule has 5 heteroatoms. The first-order chi connectivity index (χ1) is 8.61. The maximum atomic E-state index is 12.5. The lowest BCUT2D eigenvalue weighted by atomic mass is 10.1. The summed E-state index contributed by atoms with van der Waals surface area (Å²) in [7, 11) is 0. The minimum absolute atomic E-state index is 0.0747. The van der Waals surface area contributed by atoms with Crippen LogP contribution in [0.4, 0.5) is 4.79 Å². The number of carboxylic acid groups (broad SMARTS) is 1. The number of hydrogen-bond acceptors (Lipinski definition) is 2. The molecule has 0 spiro atoms. The zero-order valence-electron chi connectivity index (χ0n) is 11.0. The fourth-order valence-corrected chi connectivity index (χ4v) is 2.98. The number of amides is 2. The fraction of sp³-hybridized carbons (Fsp3) is 0.846. The highest BCUT2D eigenvalue weighted by Gasteiger charge is 2.37. The first-order valence-electron chi connectivity index (χ1n) is 6.91. The van der Waals surface area contributed by atoms with Crippen molar-refractivity contribution in [2.45, 2.75) is 57.5 Å². The van der Waals surface area contributed by atoms with E-state index < -0.39 is 12.0 Å². The van der Waals surface area contributed by atoms with E-state index in [-0.39, 0.29) is 12.1 Å². The predicted octanol–water partition coefficient (Wildman–Crippen LogP) is 1.92. The molecule has 0 saturated carbocycles. The largest absolute Gasteiger partial charge is 0.480 e. The third-order valence-electron chi connectivity index (χ3n) is 4.08. The van der Waals surface area contributed by atoms with Gasteiger partial charge in [-0.25, -0.2) is 9.59 Å². The van der Waals surface area contributed by atoms with Crippen LogP contribution in [0.15, 0.2) is 0 Å². The molecule has 2 aliphatic heterocycles. The number of urea groups is 1. The summed E-state index contributed by atoms with van der Waals surface area (Å²) in [5.41, 5.74) is 0. The summed E-state index contributed by atoms with van der Waals surface area (Å²) >= 11 is 0. The van der Waals surface area contributed by atoms with Crippen LogP contribution in [0, 0.1) is 0 Å². The van der Waals surface area contributed by atoms with Crippen LogP contribution in [0.25, 0.3) is 0 Å². The van der Waals surface area contributed by atoms with Crippen LogP contribution in [0.2, 0.25) is 0 Å². The molecule has 1 N–H and O–H groups in total. The Bertz CT molecular complexity index is 332. The second-order valence-corrected chi connectivity index (χ2v) is 5.36. The van der Waals surface area contributed by atoms with E-state index in [9.17, 15) is 9.59 Å². The molecule has 2 amide bonds. The number of likely N-dealkylation sites (tertiary alicyclic amines) is 2. The Morgan fingerprint density at radius 2 is 1.72 bits per heavy atom. The van der Waals surface area contributed by atoms with Crippen molar-refractivity contribution in [2.75, 3.05) is 13.1 Å². The molecule has 102 valence electrons. The highest BCUT2D eigenvalue weighted by atomic mass is 16.4. The van der Waals surface area contributed by atoms with Crippen LogP contribution in [0.5, 0.6) is 0 Å². The number of carboxylic acids is 1. The zero-order valence-corrected chi connectivity index (χ0v) is 11.0. The summed E-state index contributed by atoms with van der Waals surface area (Å²) in [5, 5.41) is 9.14. The van der Waals surface area contributed by atoms with Crippen molar-refractivity contribution in [3.05, 3.63) is 0 Å². The highest BCUT2D eigenvalue weighted by Crippen LogP contribution is 2.23. The van der Waals surface area contributed by atoms with Crippen molar-refractivity contribution in [3.8, 4) is 0 Å². The lowest BCUT2D eigenvalue weighted by Gasteiger charge is -2.33. The van der Waals surface area contributed by atoms with Crippen molar-refractivity contribution in [1.82, 2.24) is 9.80 Å². The van der Waals surface area contributed by atoms with Gasteiger partial charge in [0, 0.05) is 19.1 Å². The molecule has 2 aliphatic rings. The van der Waals surface area contributed by atoms with Gasteiger partial charge in [-0.15, -0.1) is 0 Å². The molecule has 0 aromatic rings. The second-order valence-electron chi connectivity index (χ2n) is 5.36. The molecule has 0 aromatic heterocycles. The summed E-state index contributed by atoms with van der Waals surface area (Å²) in [6.07, 6.45) is 5.76. The molecule has 0 bridgehead atoms. The van der Waals surface area contributed by atoms with Crippen molar-refractivity contribution >= 4 is 12.0 Å². The third-order valence-corrected chi connectivity index (χ3v) is 4.08. The van der Waals surface area contributed by atoms with Gasteiger partial charge in [0.1, 0.15) is 6.04 Å². The number of rotatable bonds is 1. The molecule has 18 heavy (non-hydrogen) atoms. The average Bonchev–Trinajstić information content (AvgIpc) is 2.72. The zero-order chi connectivity index (χ0) is 13.1. The molecule has 1 unspecified atom stereocenters. The van der Waals surface area contributed by atoms with E-state index in [1.165, 1.54) is 0 Å². The normalized spacial score (nSPS) is 29.2. The molecule has 5 nitrogen and oxygen atoms in total. The second kappa shape index (κ2) is 5.59. The van der Waals surface area contributed by atoms with Crippen molar-refractivity contribution in [3.63, 3.8) is 0 Å². The molecule has 0 aromatic carbocycles. The van der Waals surface area contributed by atoms with Crippen molar-refractivity contribution < 1.29 is 14.7 Å². The SMILES string of the molecule is CC1CCCCCN1C(=O)N1CCC[C@H]1C(=O)O. The molecular formula is C13H22N2O3. The molecule has 2 heterocycles. The average molecular weight is 254 g/mol. The van der Waals surface area contributed by atoms with Gasteiger partial charge in [0.05, 0.1) is 0 Å². The molecule has 0 radical (unpaired) electrons. The molecule has 0 aliphatic carbocycles. The Morgan fingerprint density at radius 1 is 1.00 bits per heavy atom. The van der Waals surface area contributed by atoms with Crippen LogP contribution in [-0.4, -0.2) is 52.1 Å². The molecular weight excluding hydrogens is 232 g/mol. The van der Waals surface area contributed by atoms with E-state index in [1.54, 1.807) is 4.90 Å². The van der Waals surface area contributed by atoms with Crippen LogP contribution < -0.4 is 0 Å². The van der Waals surface area contributed by atoms with Gasteiger partial charge in [-0.3, -0.25) is 0 Å². The molecule has 2 rings (SSSR count). The Balaban J connectivity index is 2.07. The van der Waals surface area contributed by atoms with E-state index in [0.717, 1.165) is 38.6 Å². The maximum Gasteiger partial charge on any atom is 0.326 e. The summed E-state index contributed by atoms with van der Waals surface area (Å²) in [6, 6.07) is -0.461. The van der Waals surface area contributed by atoms with Gasteiger partial charge < -0.3 is 14.9 Å². The number of carbonyl (C=O) groups excluding carboxylic acids is 1. The first kappa shape index (κ1) is 13.2. The number of carbonyl (C=O) groups is 2. The molecule has 2 fully saturated rings. The Labute approximate surface area is 108 Å². The van der Waals surface area contributed by atoms with Crippen LogP contribution in [0.1, 0.15) is 45.4 Å². The maximum absolute atomic E-state index is 12.5. The van der Waals surface area contributed by atoms with E-state index in [1.807, 2.05) is 4.90 Å². The van der Waals surface area contributed by atoms with Crippen molar-refractivity contribution in [2.24, 2.45) is 0 Å². The third kappa shape index (κ3) is 2.60. The van der Waals surface area contributed by atoms with Gasteiger partial charge in [-0.1, -0.05) is 12.8 Å². The Kier molecular flexibility index (Phi) is 4.09. The van der Waals surface area contributed by atoms with Crippen LogP contribution >= 0.6 is 0 Å². The summed E-state index contributed by atoms with van der Waals surface area (Å²) in [6.45, 7) is 3.41. The standard InChI is InChI=1S/C13H22N2O3/c1-10-6-3-2-4-8-14(10)13(18)15-9-5-7-11(15)12(16)17/h10-11H,2-9H2,1H3,(H,16,17)/t10?,11-/m0/s1. The topological polar surface area (TPSA) is 60.9 Å². The number of nitrogens with zero attached hydrogens (tertiary/aromatic N) is 2. The van der Waals surface area contributed by atoms with Crippen LogP contribution in [0.3, 0.4) is 0 Å². The predicted molar refractivity (Wildman–Crippen MR) is 67.4 cm³/mol. The minimum atomic E-state index is -0.872. The van der Waals surface area contributed by atoms with E-state index in [2.05, 4.69) is 6.92 Å². The van der Waals surface area contributed by atoms with E-state index in [0.29, 0.717) is 13.0 Å². The summed E-state index contributed by atoms with van der Waals surface area (Å²) in [4.78, 5) is 27.0. The summed E-state index contributed by atoms with van der Waals surface area (Å²) in [5.74, 6) is -0.872. The van der Waals surface area contributed by atoms with E-state index >= 15 is 0 Å². The smallest absolute Gasteiger partial charge is 0.326 e. The summed E-state index contributed by atoms with van der Waals surface area (Å²) < 4.78 is 0. The van der Waals surface area contributed by atoms with Crippen molar-refractivity contribution in [1.29, 1.82) is 0 Å². The lowest BCUT2D eigenvalue weighted by molar-refractivity contribution is -0.141. The number of hydrogen-bond donors (Lipinski definition) is 1. The van der Waals surface area contributed by atoms with Gasteiger partial charge in [0.2, 0.25) is 0 Å². The molecule has 2 atom stereocenters. The first-order valence-corrected chi connectivity index (χ1v) is 6.91. The van der Waals surface area contributed by atoms with Gasteiger partial charge >= 0.3 is 12.0 Å². The van der Waals surface area contributed by atoms with Gasteiger partial charge in [0.15, 0.2) is 0 Å².